The second kappa shape index (κ2) is 10.1. The maximum absolute atomic E-state index is 12.5. The van der Waals surface area contributed by atoms with Gasteiger partial charge in [-0.3, -0.25) is 4.79 Å². The van der Waals surface area contributed by atoms with Crippen LogP contribution in [0.2, 0.25) is 0 Å². The van der Waals surface area contributed by atoms with Crippen LogP contribution in [0.5, 0.6) is 11.5 Å². The van der Waals surface area contributed by atoms with Gasteiger partial charge in [-0.1, -0.05) is 0 Å². The molecule has 0 radical (unpaired) electrons. The fraction of sp³-hybridized carbons (Fsp3) is 0.611. The molecule has 2 N–H and O–H groups in total. The number of carbonyl (C=O) groups excluding carboxylic acids is 1. The largest absolute Gasteiger partial charge is 0.493 e. The Morgan fingerprint density at radius 2 is 1.81 bits per heavy atom. The Labute approximate surface area is 167 Å². The first-order valence-corrected chi connectivity index (χ1v) is 10.4. The van der Waals surface area contributed by atoms with Crippen LogP contribution < -0.4 is 15.2 Å². The van der Waals surface area contributed by atoms with Crippen LogP contribution in [-0.4, -0.2) is 58.3 Å². The molecule has 0 bridgehead atoms. The summed E-state index contributed by atoms with van der Waals surface area (Å²) in [6.45, 7) is 3.26. The van der Waals surface area contributed by atoms with E-state index in [1.165, 1.54) is 26.4 Å². The van der Waals surface area contributed by atoms with Gasteiger partial charge in [-0.2, -0.15) is 0 Å². The Morgan fingerprint density at radius 1 is 1.22 bits per heavy atom. The van der Waals surface area contributed by atoms with E-state index in [-0.39, 0.29) is 41.4 Å². The van der Waals surface area contributed by atoms with Crippen molar-refractivity contribution in [2.75, 3.05) is 33.1 Å². The molecule has 154 valence electrons. The van der Waals surface area contributed by atoms with Crippen LogP contribution in [0.1, 0.15) is 26.2 Å². The van der Waals surface area contributed by atoms with Crippen molar-refractivity contribution in [3.63, 3.8) is 0 Å². The number of benzene rings is 1. The summed E-state index contributed by atoms with van der Waals surface area (Å²) in [5.74, 6) is 0.873. The number of likely N-dealkylation sites (tertiary alicyclic amines) is 1. The van der Waals surface area contributed by atoms with Gasteiger partial charge in [0.05, 0.1) is 24.9 Å². The van der Waals surface area contributed by atoms with Gasteiger partial charge in [0, 0.05) is 31.6 Å². The van der Waals surface area contributed by atoms with Gasteiger partial charge in [-0.15, -0.1) is 12.4 Å². The highest BCUT2D eigenvalue weighted by Crippen LogP contribution is 2.30. The Kier molecular flexibility index (Phi) is 8.84. The van der Waals surface area contributed by atoms with Crippen molar-refractivity contribution in [1.82, 2.24) is 4.90 Å². The van der Waals surface area contributed by atoms with E-state index in [0.717, 1.165) is 12.8 Å². The zero-order valence-corrected chi connectivity index (χ0v) is 17.6. The van der Waals surface area contributed by atoms with E-state index in [2.05, 4.69) is 0 Å². The summed E-state index contributed by atoms with van der Waals surface area (Å²) in [7, 11) is -0.645. The molecule has 0 saturated carbocycles. The lowest BCUT2D eigenvalue weighted by Gasteiger charge is -2.33. The number of nitrogens with two attached hydrogens (primary N) is 1. The second-order valence-electron chi connectivity index (χ2n) is 6.66. The minimum Gasteiger partial charge on any atom is -0.493 e. The highest BCUT2D eigenvalue weighted by Gasteiger charge is 2.26. The number of rotatable bonds is 7. The minimum atomic E-state index is -3.58. The lowest BCUT2D eigenvalue weighted by atomic mass is 9.91. The highest BCUT2D eigenvalue weighted by atomic mass is 35.5. The molecule has 1 fully saturated rings. The summed E-state index contributed by atoms with van der Waals surface area (Å²) in [6, 6.07) is 4.56. The number of amides is 1. The third-order valence-corrected chi connectivity index (χ3v) is 6.65. The van der Waals surface area contributed by atoms with Gasteiger partial charge in [0.1, 0.15) is 0 Å². The molecule has 2 rings (SSSR count). The fourth-order valence-electron chi connectivity index (χ4n) is 3.18. The number of halogens is 1. The fourth-order valence-corrected chi connectivity index (χ4v) is 4.42. The summed E-state index contributed by atoms with van der Waals surface area (Å²) >= 11 is 0. The normalized spacial score (nSPS) is 16.4. The van der Waals surface area contributed by atoms with Gasteiger partial charge in [0.15, 0.2) is 21.3 Å². The van der Waals surface area contributed by atoms with Crippen LogP contribution in [0, 0.1) is 5.92 Å². The molecule has 0 aromatic heterocycles. The first kappa shape index (κ1) is 23.5. The van der Waals surface area contributed by atoms with Crippen molar-refractivity contribution in [3.05, 3.63) is 18.2 Å². The van der Waals surface area contributed by atoms with E-state index in [1.807, 2.05) is 6.92 Å². The van der Waals surface area contributed by atoms with E-state index in [9.17, 15) is 13.2 Å². The number of methoxy groups -OCH3 is 2. The van der Waals surface area contributed by atoms with Gasteiger partial charge in [0.2, 0.25) is 5.91 Å². The van der Waals surface area contributed by atoms with Crippen LogP contribution in [0.15, 0.2) is 23.1 Å². The first-order valence-electron chi connectivity index (χ1n) is 8.76. The maximum atomic E-state index is 12.5. The zero-order valence-electron chi connectivity index (χ0n) is 16.0. The molecule has 1 amide bonds. The molecule has 1 aliphatic heterocycles. The van der Waals surface area contributed by atoms with Crippen molar-refractivity contribution >= 4 is 28.2 Å². The zero-order chi connectivity index (χ0) is 19.3. The molecule has 0 aliphatic carbocycles. The van der Waals surface area contributed by atoms with Gasteiger partial charge in [0.25, 0.3) is 0 Å². The Bertz CT molecular complexity index is 731. The number of hydrogen-bond acceptors (Lipinski definition) is 6. The Morgan fingerprint density at radius 3 is 2.33 bits per heavy atom. The number of ether oxygens (including phenoxy) is 2. The number of nitrogens with zero attached hydrogens (tertiary/aromatic N) is 1. The number of carbonyl (C=O) groups is 1. The predicted octanol–water partition coefficient (Wildman–Crippen LogP) is 1.88. The van der Waals surface area contributed by atoms with Crippen molar-refractivity contribution in [1.29, 1.82) is 0 Å². The maximum Gasteiger partial charge on any atom is 0.223 e. The summed E-state index contributed by atoms with van der Waals surface area (Å²) < 4.78 is 35.4. The minimum absolute atomic E-state index is 0. The van der Waals surface area contributed by atoms with E-state index < -0.39 is 9.84 Å². The van der Waals surface area contributed by atoms with Crippen LogP contribution in [0.25, 0.3) is 0 Å². The van der Waals surface area contributed by atoms with Crippen LogP contribution >= 0.6 is 12.4 Å². The van der Waals surface area contributed by atoms with Crippen molar-refractivity contribution in [2.45, 2.75) is 37.1 Å². The molecule has 1 aliphatic rings. The summed E-state index contributed by atoms with van der Waals surface area (Å²) in [4.78, 5) is 14.2. The Balaban J connectivity index is 0.00000364. The van der Waals surface area contributed by atoms with E-state index in [4.69, 9.17) is 15.2 Å². The van der Waals surface area contributed by atoms with Crippen LogP contribution in [0.3, 0.4) is 0 Å². The molecule has 7 nitrogen and oxygen atoms in total. The average Bonchev–Trinajstić information content (AvgIpc) is 2.65. The molecule has 1 saturated heterocycles. The highest BCUT2D eigenvalue weighted by molar-refractivity contribution is 7.91. The van der Waals surface area contributed by atoms with E-state index in [0.29, 0.717) is 30.5 Å². The standard InChI is InChI=1S/C18H28N2O5S.ClH/c1-13(19)14-6-9-20(10-7-14)18(21)8-11-26(22,23)15-4-5-16(24-2)17(12-15)25-3;/h4-5,12-14H,6-11,19H2,1-3H3;1H. The van der Waals surface area contributed by atoms with Crippen molar-refractivity contribution in [2.24, 2.45) is 11.7 Å². The van der Waals surface area contributed by atoms with Gasteiger partial charge < -0.3 is 20.1 Å². The lowest BCUT2D eigenvalue weighted by Crippen LogP contribution is -2.42. The molecule has 1 atom stereocenters. The molecule has 1 aromatic rings. The Hall–Kier alpha value is -1.51. The van der Waals surface area contributed by atoms with Crippen LogP contribution in [-0.2, 0) is 14.6 Å². The molecule has 9 heteroatoms. The van der Waals surface area contributed by atoms with Gasteiger partial charge in [-0.05, 0) is 37.8 Å². The topological polar surface area (TPSA) is 98.9 Å². The number of hydrogen-bond donors (Lipinski definition) is 1. The predicted molar refractivity (Wildman–Crippen MR) is 106 cm³/mol. The average molecular weight is 421 g/mol. The second-order valence-corrected chi connectivity index (χ2v) is 8.77. The van der Waals surface area contributed by atoms with Gasteiger partial charge >= 0.3 is 0 Å². The smallest absolute Gasteiger partial charge is 0.223 e. The molecular formula is C18H29ClN2O5S. The van der Waals surface area contributed by atoms with Crippen LogP contribution in [0.4, 0.5) is 0 Å². The SMILES string of the molecule is COc1ccc(S(=O)(=O)CCC(=O)N2CCC(C(C)N)CC2)cc1OC.Cl. The molecule has 1 heterocycles. The quantitative estimate of drug-likeness (QED) is 0.722. The van der Waals surface area contributed by atoms with Gasteiger partial charge in [-0.25, -0.2) is 8.42 Å². The summed E-state index contributed by atoms with van der Waals surface area (Å²) in [5.41, 5.74) is 5.91. The number of sulfone groups is 1. The molecule has 0 spiro atoms. The number of piperidine rings is 1. The third-order valence-electron chi connectivity index (χ3n) is 4.93. The monoisotopic (exact) mass is 420 g/mol. The van der Waals surface area contributed by atoms with Crippen molar-refractivity contribution in [3.8, 4) is 11.5 Å². The summed E-state index contributed by atoms with van der Waals surface area (Å²) in [6.07, 6.45) is 1.71. The molecule has 1 aromatic carbocycles. The first-order chi connectivity index (χ1) is 12.3. The van der Waals surface area contributed by atoms with Crippen molar-refractivity contribution < 1.29 is 22.7 Å². The molecular weight excluding hydrogens is 392 g/mol. The lowest BCUT2D eigenvalue weighted by molar-refractivity contribution is -0.132. The van der Waals surface area contributed by atoms with E-state index in [1.54, 1.807) is 11.0 Å². The molecule has 1 unspecified atom stereocenters. The van der Waals surface area contributed by atoms with E-state index >= 15 is 0 Å². The molecule has 27 heavy (non-hydrogen) atoms. The summed E-state index contributed by atoms with van der Waals surface area (Å²) in [5, 5.41) is 0. The third kappa shape index (κ3) is 5.99.